The van der Waals surface area contributed by atoms with Crippen molar-refractivity contribution < 1.29 is 9.53 Å². The Morgan fingerprint density at radius 2 is 2.16 bits per heavy atom. The molecule has 1 saturated carbocycles. The molecular formula is C16H21NO2. The highest BCUT2D eigenvalue weighted by Gasteiger charge is 2.36. The Bertz CT molecular complexity index is 470. The van der Waals surface area contributed by atoms with E-state index in [-0.39, 0.29) is 18.1 Å². The van der Waals surface area contributed by atoms with E-state index in [0.717, 1.165) is 30.5 Å². The number of ether oxygens (including phenoxy) is 1. The van der Waals surface area contributed by atoms with Gasteiger partial charge in [0.2, 0.25) is 0 Å². The number of benzene rings is 1. The highest BCUT2D eigenvalue weighted by Crippen LogP contribution is 2.29. The van der Waals surface area contributed by atoms with E-state index < -0.39 is 0 Å². The fraction of sp³-hybridized carbons (Fsp3) is 0.562. The Kier molecular flexibility index (Phi) is 3.56. The van der Waals surface area contributed by atoms with E-state index in [1.807, 2.05) is 36.1 Å². The summed E-state index contributed by atoms with van der Waals surface area (Å²) in [6.07, 6.45) is 4.89. The van der Waals surface area contributed by atoms with E-state index in [0.29, 0.717) is 6.61 Å². The van der Waals surface area contributed by atoms with Gasteiger partial charge in [-0.2, -0.15) is 0 Å². The highest BCUT2D eigenvalue weighted by atomic mass is 16.5. The van der Waals surface area contributed by atoms with Gasteiger partial charge in [0.05, 0.1) is 18.8 Å². The number of nitrogens with zero attached hydrogens (tertiary/aromatic N) is 1. The molecule has 2 atom stereocenters. The molecule has 1 heterocycles. The van der Waals surface area contributed by atoms with Crippen molar-refractivity contribution in [1.29, 1.82) is 0 Å². The smallest absolute Gasteiger partial charge is 0.254 e. The molecule has 102 valence electrons. The van der Waals surface area contributed by atoms with Crippen LogP contribution in [0.15, 0.2) is 24.3 Å². The first-order valence-electron chi connectivity index (χ1n) is 7.25. The van der Waals surface area contributed by atoms with Gasteiger partial charge in [-0.05, 0) is 31.9 Å². The lowest BCUT2D eigenvalue weighted by Gasteiger charge is -2.43. The van der Waals surface area contributed by atoms with Crippen molar-refractivity contribution in [3.63, 3.8) is 0 Å². The summed E-state index contributed by atoms with van der Waals surface area (Å²) in [6, 6.07) is 8.18. The monoisotopic (exact) mass is 259 g/mol. The van der Waals surface area contributed by atoms with Crippen LogP contribution < -0.4 is 0 Å². The maximum absolute atomic E-state index is 12.7. The molecule has 1 aromatic carbocycles. The van der Waals surface area contributed by atoms with Crippen LogP contribution in [0.25, 0.3) is 0 Å². The minimum atomic E-state index is 0.170. The van der Waals surface area contributed by atoms with E-state index in [1.54, 1.807) is 0 Å². The molecule has 0 N–H and O–H groups in total. The lowest BCUT2D eigenvalue weighted by Crippen LogP contribution is -2.54. The van der Waals surface area contributed by atoms with Crippen LogP contribution in [0.4, 0.5) is 0 Å². The van der Waals surface area contributed by atoms with Gasteiger partial charge < -0.3 is 9.64 Å². The number of carbonyl (C=O) groups excluding carboxylic acids is 1. The number of aryl methyl sites for hydroxylation is 1. The first-order valence-corrected chi connectivity index (χ1v) is 7.25. The van der Waals surface area contributed by atoms with Crippen LogP contribution in [-0.4, -0.2) is 36.1 Å². The van der Waals surface area contributed by atoms with E-state index in [2.05, 4.69) is 0 Å². The second kappa shape index (κ2) is 5.33. The minimum Gasteiger partial charge on any atom is -0.374 e. The molecule has 3 nitrogen and oxygen atoms in total. The summed E-state index contributed by atoms with van der Waals surface area (Å²) in [5.74, 6) is 0.170. The number of fused-ring (bicyclic) bond motifs is 1. The maximum atomic E-state index is 12.7. The molecule has 2 unspecified atom stereocenters. The first kappa shape index (κ1) is 12.7. The SMILES string of the molecule is Cc1cccc(C(=O)N2CCOC3CCCCC32)c1. The molecule has 1 amide bonds. The van der Waals surface area contributed by atoms with Gasteiger partial charge in [0, 0.05) is 12.1 Å². The molecule has 0 bridgehead atoms. The van der Waals surface area contributed by atoms with Crippen LogP contribution in [0.5, 0.6) is 0 Å². The van der Waals surface area contributed by atoms with E-state index in [1.165, 1.54) is 12.8 Å². The standard InChI is InChI=1S/C16H21NO2/c1-12-5-4-6-13(11-12)16(18)17-9-10-19-15-8-3-2-7-14(15)17/h4-6,11,14-15H,2-3,7-10H2,1H3. The molecule has 3 heteroatoms. The zero-order valence-corrected chi connectivity index (χ0v) is 11.5. The first-order chi connectivity index (χ1) is 9.25. The van der Waals surface area contributed by atoms with Crippen molar-refractivity contribution in [2.75, 3.05) is 13.2 Å². The van der Waals surface area contributed by atoms with Crippen LogP contribution in [0.2, 0.25) is 0 Å². The molecule has 0 radical (unpaired) electrons. The van der Waals surface area contributed by atoms with Crippen molar-refractivity contribution in [3.8, 4) is 0 Å². The van der Waals surface area contributed by atoms with Gasteiger partial charge in [0.15, 0.2) is 0 Å². The molecule has 19 heavy (non-hydrogen) atoms. The maximum Gasteiger partial charge on any atom is 0.254 e. The molecule has 0 aromatic heterocycles. The van der Waals surface area contributed by atoms with E-state index in [4.69, 9.17) is 4.74 Å². The molecule has 1 aromatic rings. The average Bonchev–Trinajstić information content (AvgIpc) is 2.46. The van der Waals surface area contributed by atoms with Crippen LogP contribution in [-0.2, 0) is 4.74 Å². The van der Waals surface area contributed by atoms with Crippen LogP contribution >= 0.6 is 0 Å². The lowest BCUT2D eigenvalue weighted by molar-refractivity contribution is -0.0752. The van der Waals surface area contributed by atoms with Crippen LogP contribution in [0, 0.1) is 6.92 Å². The largest absolute Gasteiger partial charge is 0.374 e. The predicted molar refractivity (Wildman–Crippen MR) is 74.2 cm³/mol. The van der Waals surface area contributed by atoms with Crippen molar-refractivity contribution in [3.05, 3.63) is 35.4 Å². The van der Waals surface area contributed by atoms with Gasteiger partial charge in [-0.25, -0.2) is 0 Å². The predicted octanol–water partition coefficient (Wildman–Crippen LogP) is 2.78. The number of amides is 1. The number of rotatable bonds is 1. The second-order valence-corrected chi connectivity index (χ2v) is 5.63. The summed E-state index contributed by atoms with van der Waals surface area (Å²) in [7, 11) is 0. The summed E-state index contributed by atoms with van der Waals surface area (Å²) < 4.78 is 5.83. The Morgan fingerprint density at radius 1 is 1.32 bits per heavy atom. The molecule has 1 aliphatic heterocycles. The Labute approximate surface area is 114 Å². The van der Waals surface area contributed by atoms with Crippen molar-refractivity contribution in [2.24, 2.45) is 0 Å². The third-order valence-electron chi connectivity index (χ3n) is 4.26. The lowest BCUT2D eigenvalue weighted by atomic mass is 9.89. The Balaban J connectivity index is 1.82. The van der Waals surface area contributed by atoms with Gasteiger partial charge >= 0.3 is 0 Å². The van der Waals surface area contributed by atoms with Crippen LogP contribution in [0.1, 0.15) is 41.6 Å². The Morgan fingerprint density at radius 3 is 3.00 bits per heavy atom. The fourth-order valence-electron chi connectivity index (χ4n) is 3.29. The number of carbonyl (C=O) groups is 1. The quantitative estimate of drug-likeness (QED) is 0.776. The molecule has 1 saturated heterocycles. The number of morpholine rings is 1. The summed E-state index contributed by atoms with van der Waals surface area (Å²) in [4.78, 5) is 14.7. The molecule has 0 spiro atoms. The van der Waals surface area contributed by atoms with Crippen LogP contribution in [0.3, 0.4) is 0 Å². The number of hydrogen-bond acceptors (Lipinski definition) is 2. The van der Waals surface area contributed by atoms with Gasteiger partial charge in [-0.1, -0.05) is 30.5 Å². The summed E-state index contributed by atoms with van der Waals surface area (Å²) >= 11 is 0. The average molecular weight is 259 g/mol. The normalized spacial score (nSPS) is 26.9. The molecular weight excluding hydrogens is 238 g/mol. The topological polar surface area (TPSA) is 29.5 Å². The van der Waals surface area contributed by atoms with Gasteiger partial charge in [-0.3, -0.25) is 4.79 Å². The van der Waals surface area contributed by atoms with E-state index in [9.17, 15) is 4.79 Å². The van der Waals surface area contributed by atoms with Gasteiger partial charge in [0.25, 0.3) is 5.91 Å². The number of hydrogen-bond donors (Lipinski definition) is 0. The van der Waals surface area contributed by atoms with Crippen molar-refractivity contribution in [2.45, 2.75) is 44.8 Å². The fourth-order valence-corrected chi connectivity index (χ4v) is 3.29. The summed E-state index contributed by atoms with van der Waals surface area (Å²) in [5, 5.41) is 0. The zero-order valence-electron chi connectivity index (χ0n) is 11.5. The minimum absolute atomic E-state index is 0.170. The summed E-state index contributed by atoms with van der Waals surface area (Å²) in [6.45, 7) is 3.44. The van der Waals surface area contributed by atoms with Gasteiger partial charge in [0.1, 0.15) is 0 Å². The zero-order chi connectivity index (χ0) is 13.2. The highest BCUT2D eigenvalue weighted by molar-refractivity contribution is 5.94. The van der Waals surface area contributed by atoms with Crippen molar-refractivity contribution >= 4 is 5.91 Å². The van der Waals surface area contributed by atoms with Crippen molar-refractivity contribution in [1.82, 2.24) is 4.90 Å². The summed E-state index contributed by atoms with van der Waals surface area (Å²) in [5.41, 5.74) is 1.95. The molecule has 2 fully saturated rings. The molecule has 3 rings (SSSR count). The third-order valence-corrected chi connectivity index (χ3v) is 4.26. The molecule has 2 aliphatic rings. The third kappa shape index (κ3) is 2.52. The Hall–Kier alpha value is -1.35. The molecule has 1 aliphatic carbocycles. The van der Waals surface area contributed by atoms with Gasteiger partial charge in [-0.15, -0.1) is 0 Å². The van der Waals surface area contributed by atoms with E-state index >= 15 is 0 Å². The second-order valence-electron chi connectivity index (χ2n) is 5.63.